The number of ketones is 1. The number of hydrogen-bond donors (Lipinski definition) is 0. The van der Waals surface area contributed by atoms with Gasteiger partial charge in [-0.15, -0.1) is 0 Å². The summed E-state index contributed by atoms with van der Waals surface area (Å²) >= 11 is 0. The molecule has 0 saturated carbocycles. The van der Waals surface area contributed by atoms with Gasteiger partial charge in [-0.25, -0.2) is 0 Å². The fourth-order valence-electron chi connectivity index (χ4n) is 1.19. The van der Waals surface area contributed by atoms with Crippen LogP contribution in [0.25, 0.3) is 11.0 Å². The average Bonchev–Trinajstić information content (AvgIpc) is 2.47. The molecule has 1 radical (unpaired) electrons. The molecule has 0 atom stereocenters. The molecule has 0 bridgehead atoms. The molecule has 2 heteroatoms. The van der Waals surface area contributed by atoms with Gasteiger partial charge in [-0.2, -0.15) is 0 Å². The van der Waals surface area contributed by atoms with Crippen LogP contribution in [-0.2, 0) is 0 Å². The molecule has 0 aliphatic heterocycles. The van der Waals surface area contributed by atoms with Crippen LogP contribution < -0.4 is 0 Å². The minimum Gasteiger partial charge on any atom is -0.464 e. The Hall–Kier alpha value is -1.57. The van der Waals surface area contributed by atoms with Crippen molar-refractivity contribution in [2.45, 2.75) is 6.92 Å². The molecule has 1 heterocycles. The average molecular weight is 159 g/mol. The zero-order valence-electron chi connectivity index (χ0n) is 6.63. The summed E-state index contributed by atoms with van der Waals surface area (Å²) in [5.74, 6) is 0.0216. The second kappa shape index (κ2) is 2.48. The SMILES string of the molecule is CC(=O)c1coc2cc[c]cc12. The van der Waals surface area contributed by atoms with Crippen LogP contribution >= 0.6 is 0 Å². The van der Waals surface area contributed by atoms with Gasteiger partial charge in [0.25, 0.3) is 0 Å². The van der Waals surface area contributed by atoms with E-state index in [-0.39, 0.29) is 5.78 Å². The second-order valence-corrected chi connectivity index (χ2v) is 2.63. The van der Waals surface area contributed by atoms with E-state index in [9.17, 15) is 4.79 Å². The Morgan fingerprint density at radius 3 is 3.17 bits per heavy atom. The number of furan rings is 1. The van der Waals surface area contributed by atoms with Gasteiger partial charge in [0.1, 0.15) is 11.8 Å². The summed E-state index contributed by atoms with van der Waals surface area (Å²) in [6.45, 7) is 1.53. The lowest BCUT2D eigenvalue weighted by Gasteiger charge is -1.87. The Bertz CT molecular complexity index is 426. The van der Waals surface area contributed by atoms with E-state index in [4.69, 9.17) is 4.42 Å². The van der Waals surface area contributed by atoms with Gasteiger partial charge in [0.05, 0.1) is 5.56 Å². The molecule has 1 aromatic carbocycles. The van der Waals surface area contributed by atoms with Crippen LogP contribution in [0.3, 0.4) is 0 Å². The quantitative estimate of drug-likeness (QED) is 0.598. The largest absolute Gasteiger partial charge is 0.464 e. The smallest absolute Gasteiger partial charge is 0.163 e. The highest BCUT2D eigenvalue weighted by Crippen LogP contribution is 2.20. The molecule has 1 aromatic heterocycles. The van der Waals surface area contributed by atoms with Crippen molar-refractivity contribution in [2.75, 3.05) is 0 Å². The molecule has 0 saturated heterocycles. The van der Waals surface area contributed by atoms with E-state index in [0.717, 1.165) is 11.0 Å². The monoisotopic (exact) mass is 159 g/mol. The van der Waals surface area contributed by atoms with Crippen molar-refractivity contribution in [1.82, 2.24) is 0 Å². The normalized spacial score (nSPS) is 10.4. The van der Waals surface area contributed by atoms with Crippen LogP contribution in [0.15, 0.2) is 28.9 Å². The third-order valence-electron chi connectivity index (χ3n) is 1.80. The molecule has 2 aromatic rings. The first-order chi connectivity index (χ1) is 5.79. The van der Waals surface area contributed by atoms with Crippen molar-refractivity contribution >= 4 is 16.8 Å². The maximum atomic E-state index is 11.0. The molecular formula is C10H7O2. The highest BCUT2D eigenvalue weighted by Gasteiger charge is 2.07. The molecule has 0 spiro atoms. The third-order valence-corrected chi connectivity index (χ3v) is 1.80. The van der Waals surface area contributed by atoms with E-state index in [0.29, 0.717) is 5.56 Å². The lowest BCUT2D eigenvalue weighted by atomic mass is 10.1. The Balaban J connectivity index is 2.79. The van der Waals surface area contributed by atoms with Gasteiger partial charge >= 0.3 is 0 Å². The first-order valence-electron chi connectivity index (χ1n) is 3.67. The van der Waals surface area contributed by atoms with E-state index >= 15 is 0 Å². The van der Waals surface area contributed by atoms with E-state index in [1.165, 1.54) is 13.2 Å². The van der Waals surface area contributed by atoms with Crippen LogP contribution in [0.5, 0.6) is 0 Å². The number of hydrogen-bond acceptors (Lipinski definition) is 2. The zero-order valence-corrected chi connectivity index (χ0v) is 6.63. The number of carbonyl (C=O) groups is 1. The van der Waals surface area contributed by atoms with Gasteiger partial charge in [0.2, 0.25) is 0 Å². The Morgan fingerprint density at radius 1 is 1.58 bits per heavy atom. The van der Waals surface area contributed by atoms with Crippen molar-refractivity contribution in [3.8, 4) is 0 Å². The Kier molecular flexibility index (Phi) is 1.47. The number of carbonyl (C=O) groups excluding carboxylic acids is 1. The van der Waals surface area contributed by atoms with Gasteiger partial charge in [0.15, 0.2) is 5.78 Å². The topological polar surface area (TPSA) is 30.2 Å². The molecule has 2 rings (SSSR count). The summed E-state index contributed by atoms with van der Waals surface area (Å²) in [6, 6.07) is 8.22. The summed E-state index contributed by atoms with van der Waals surface area (Å²) in [4.78, 5) is 11.0. The van der Waals surface area contributed by atoms with E-state index in [1.807, 2.05) is 0 Å². The number of benzene rings is 1. The Morgan fingerprint density at radius 2 is 2.42 bits per heavy atom. The van der Waals surface area contributed by atoms with Gasteiger partial charge in [-0.1, -0.05) is 6.07 Å². The molecule has 0 fully saturated rings. The van der Waals surface area contributed by atoms with Crippen molar-refractivity contribution in [3.63, 3.8) is 0 Å². The van der Waals surface area contributed by atoms with Crippen LogP contribution in [0.2, 0.25) is 0 Å². The third kappa shape index (κ3) is 0.925. The van der Waals surface area contributed by atoms with Gasteiger partial charge in [0, 0.05) is 5.39 Å². The number of rotatable bonds is 1. The predicted molar refractivity (Wildman–Crippen MR) is 45.1 cm³/mol. The van der Waals surface area contributed by atoms with Gasteiger partial charge in [-0.05, 0) is 25.1 Å². The van der Waals surface area contributed by atoms with Gasteiger partial charge < -0.3 is 4.42 Å². The van der Waals surface area contributed by atoms with Crippen LogP contribution in [-0.4, -0.2) is 5.78 Å². The second-order valence-electron chi connectivity index (χ2n) is 2.63. The van der Waals surface area contributed by atoms with Crippen molar-refractivity contribution in [2.24, 2.45) is 0 Å². The molecule has 0 amide bonds. The number of fused-ring (bicyclic) bond motifs is 1. The maximum absolute atomic E-state index is 11.0. The fraction of sp³-hybridized carbons (Fsp3) is 0.100. The molecule has 0 aliphatic carbocycles. The standard InChI is InChI=1S/C10H7O2/c1-7(11)9-6-12-10-5-3-2-4-8(9)10/h3-6H,1H3. The molecule has 0 N–H and O–H groups in total. The minimum atomic E-state index is 0.0216. The molecular weight excluding hydrogens is 152 g/mol. The van der Waals surface area contributed by atoms with Crippen molar-refractivity contribution < 1.29 is 9.21 Å². The fourth-order valence-corrected chi connectivity index (χ4v) is 1.19. The lowest BCUT2D eigenvalue weighted by molar-refractivity contribution is 0.101. The number of Topliss-reactive ketones (excluding diaryl/α,β-unsaturated/α-hetero) is 1. The van der Waals surface area contributed by atoms with Crippen molar-refractivity contribution in [3.05, 3.63) is 36.1 Å². The highest BCUT2D eigenvalue weighted by molar-refractivity contribution is 6.05. The van der Waals surface area contributed by atoms with E-state index < -0.39 is 0 Å². The summed E-state index contributed by atoms with van der Waals surface area (Å²) in [7, 11) is 0. The minimum absolute atomic E-state index is 0.0216. The summed E-state index contributed by atoms with van der Waals surface area (Å²) in [5.41, 5.74) is 1.36. The Labute approximate surface area is 69.8 Å². The molecule has 59 valence electrons. The predicted octanol–water partition coefficient (Wildman–Crippen LogP) is 2.44. The van der Waals surface area contributed by atoms with E-state index in [1.54, 1.807) is 18.2 Å². The van der Waals surface area contributed by atoms with Crippen LogP contribution in [0.1, 0.15) is 17.3 Å². The molecule has 0 unspecified atom stereocenters. The zero-order chi connectivity index (χ0) is 8.55. The molecule has 12 heavy (non-hydrogen) atoms. The maximum Gasteiger partial charge on any atom is 0.163 e. The summed E-state index contributed by atoms with van der Waals surface area (Å²) in [6.07, 6.45) is 1.49. The first kappa shape index (κ1) is 7.10. The molecule has 0 aliphatic rings. The van der Waals surface area contributed by atoms with E-state index in [2.05, 4.69) is 6.07 Å². The summed E-state index contributed by atoms with van der Waals surface area (Å²) in [5, 5.41) is 0.838. The van der Waals surface area contributed by atoms with Crippen molar-refractivity contribution in [1.29, 1.82) is 0 Å². The van der Waals surface area contributed by atoms with Gasteiger partial charge in [-0.3, -0.25) is 4.79 Å². The first-order valence-corrected chi connectivity index (χ1v) is 3.67. The molecule has 2 nitrogen and oxygen atoms in total. The summed E-state index contributed by atoms with van der Waals surface area (Å²) < 4.78 is 5.17. The highest BCUT2D eigenvalue weighted by atomic mass is 16.3. The van der Waals surface area contributed by atoms with Crippen LogP contribution in [0, 0.1) is 6.07 Å². The van der Waals surface area contributed by atoms with Crippen LogP contribution in [0.4, 0.5) is 0 Å². The lowest BCUT2D eigenvalue weighted by Crippen LogP contribution is -1.87.